The Labute approximate surface area is 130 Å². The molecule has 0 atom stereocenters. The van der Waals surface area contributed by atoms with E-state index < -0.39 is 15.5 Å². The molecule has 0 aliphatic heterocycles. The summed E-state index contributed by atoms with van der Waals surface area (Å²) in [4.78, 5) is 0.882. The second-order valence-corrected chi connectivity index (χ2v) is 8.18. The molecule has 0 saturated heterocycles. The largest absolute Gasteiger partial charge is 0.441 e. The lowest BCUT2D eigenvalue weighted by atomic mass is 10.3. The number of nitrogens with one attached hydrogen (secondary N) is 1. The maximum Gasteiger partial charge on any atom is 0.441 e. The van der Waals surface area contributed by atoms with Gasteiger partial charge in [0.25, 0.3) is 0 Å². The molecule has 120 valence electrons. The molecule has 0 amide bonds. The van der Waals surface area contributed by atoms with Crippen LogP contribution in [0.4, 0.5) is 18.9 Å². The van der Waals surface area contributed by atoms with Crippen LogP contribution in [0.2, 0.25) is 0 Å². The molecule has 0 aliphatic carbocycles. The second-order valence-electron chi connectivity index (χ2n) is 3.92. The Morgan fingerprint density at radius 2 is 1.76 bits per heavy atom. The average Bonchev–Trinajstić information content (AvgIpc) is 2.36. The van der Waals surface area contributed by atoms with Crippen molar-refractivity contribution in [2.24, 2.45) is 0 Å². The van der Waals surface area contributed by atoms with E-state index in [9.17, 15) is 21.6 Å². The minimum absolute atomic E-state index is 0.154. The van der Waals surface area contributed by atoms with Crippen molar-refractivity contribution < 1.29 is 21.6 Å². The number of hydrogen-bond donors (Lipinski definition) is 2. The predicted molar refractivity (Wildman–Crippen MR) is 81.9 cm³/mol. The van der Waals surface area contributed by atoms with E-state index in [1.807, 2.05) is 0 Å². The minimum atomic E-state index is -4.34. The summed E-state index contributed by atoms with van der Waals surface area (Å²) in [6.07, 6.45) is 0. The standard InChI is InChI=1S/C11H15F3N2O2S3/c12-11(13,14)20-6-5-16-21(17,18)8-7-19-10-3-1-9(15)2-4-10/h1-4,16H,5-8,15H2. The van der Waals surface area contributed by atoms with Gasteiger partial charge >= 0.3 is 5.51 Å². The molecule has 4 nitrogen and oxygen atoms in total. The Kier molecular flexibility index (Phi) is 7.17. The summed E-state index contributed by atoms with van der Waals surface area (Å²) in [5.41, 5.74) is 1.81. The van der Waals surface area contributed by atoms with E-state index in [1.165, 1.54) is 11.8 Å². The maximum absolute atomic E-state index is 11.9. The normalized spacial score (nSPS) is 12.5. The van der Waals surface area contributed by atoms with Crippen molar-refractivity contribution in [1.29, 1.82) is 0 Å². The number of rotatable bonds is 8. The van der Waals surface area contributed by atoms with Gasteiger partial charge in [0.05, 0.1) is 5.75 Å². The van der Waals surface area contributed by atoms with Crippen LogP contribution in [0.3, 0.4) is 0 Å². The first-order valence-corrected chi connectivity index (χ1v) is 9.47. The van der Waals surface area contributed by atoms with Gasteiger partial charge in [-0.25, -0.2) is 13.1 Å². The SMILES string of the molecule is Nc1ccc(SCCS(=O)(=O)NCCSC(F)(F)F)cc1. The van der Waals surface area contributed by atoms with Crippen LogP contribution in [-0.4, -0.2) is 37.7 Å². The molecule has 0 radical (unpaired) electrons. The van der Waals surface area contributed by atoms with E-state index in [-0.39, 0.29) is 29.8 Å². The molecular formula is C11H15F3N2O2S3. The van der Waals surface area contributed by atoms with Gasteiger partial charge in [0, 0.05) is 28.6 Å². The van der Waals surface area contributed by atoms with Crippen molar-refractivity contribution in [3.63, 3.8) is 0 Å². The number of benzene rings is 1. The zero-order valence-electron chi connectivity index (χ0n) is 10.9. The number of anilines is 1. The van der Waals surface area contributed by atoms with E-state index >= 15 is 0 Å². The number of nitrogen functional groups attached to an aromatic ring is 1. The van der Waals surface area contributed by atoms with Gasteiger partial charge in [-0.15, -0.1) is 11.8 Å². The molecule has 0 saturated carbocycles. The number of sulfonamides is 1. The van der Waals surface area contributed by atoms with E-state index in [0.29, 0.717) is 11.4 Å². The fourth-order valence-electron chi connectivity index (χ4n) is 1.27. The van der Waals surface area contributed by atoms with Gasteiger partial charge in [-0.1, -0.05) is 0 Å². The smallest absolute Gasteiger partial charge is 0.399 e. The van der Waals surface area contributed by atoms with Gasteiger partial charge in [-0.2, -0.15) is 13.2 Å². The first-order chi connectivity index (χ1) is 9.68. The quantitative estimate of drug-likeness (QED) is 0.423. The number of alkyl halides is 3. The Balaban J connectivity index is 2.25. The molecule has 0 bridgehead atoms. The van der Waals surface area contributed by atoms with Crippen LogP contribution < -0.4 is 10.5 Å². The summed E-state index contributed by atoms with van der Waals surface area (Å²) in [5.74, 6) is -0.182. The average molecular weight is 360 g/mol. The number of thioether (sulfide) groups is 2. The Hall–Kier alpha value is -0.580. The maximum atomic E-state index is 11.9. The fourth-order valence-corrected chi connectivity index (χ4v) is 4.17. The summed E-state index contributed by atoms with van der Waals surface area (Å²) in [6, 6.07) is 6.98. The molecule has 3 N–H and O–H groups in total. The zero-order chi connectivity index (χ0) is 15.9. The summed E-state index contributed by atoms with van der Waals surface area (Å²) < 4.78 is 60.9. The summed E-state index contributed by atoms with van der Waals surface area (Å²) in [7, 11) is -3.55. The van der Waals surface area contributed by atoms with E-state index in [2.05, 4.69) is 4.72 Å². The lowest BCUT2D eigenvalue weighted by Crippen LogP contribution is -2.29. The molecule has 1 aromatic carbocycles. The van der Waals surface area contributed by atoms with Crippen molar-refractivity contribution in [3.8, 4) is 0 Å². The van der Waals surface area contributed by atoms with E-state index in [0.717, 1.165) is 4.90 Å². The Morgan fingerprint density at radius 1 is 1.14 bits per heavy atom. The molecule has 10 heteroatoms. The van der Waals surface area contributed by atoms with Gasteiger partial charge in [-0.05, 0) is 36.0 Å². The fraction of sp³-hybridized carbons (Fsp3) is 0.455. The van der Waals surface area contributed by atoms with Crippen molar-refractivity contribution in [2.45, 2.75) is 10.4 Å². The van der Waals surface area contributed by atoms with Gasteiger partial charge in [0.15, 0.2) is 0 Å². The highest BCUT2D eigenvalue weighted by Gasteiger charge is 2.27. The predicted octanol–water partition coefficient (Wildman–Crippen LogP) is 2.53. The van der Waals surface area contributed by atoms with Crippen LogP contribution in [0.25, 0.3) is 0 Å². The molecule has 0 unspecified atom stereocenters. The summed E-state index contributed by atoms with van der Waals surface area (Å²) in [5, 5.41) is 0. The second kappa shape index (κ2) is 8.16. The number of hydrogen-bond acceptors (Lipinski definition) is 5. The van der Waals surface area contributed by atoms with Crippen molar-refractivity contribution in [1.82, 2.24) is 4.72 Å². The van der Waals surface area contributed by atoms with Crippen molar-refractivity contribution in [2.75, 3.05) is 29.5 Å². The molecular weight excluding hydrogens is 345 g/mol. The van der Waals surface area contributed by atoms with Gasteiger partial charge in [0.2, 0.25) is 10.0 Å². The lowest BCUT2D eigenvalue weighted by Gasteiger charge is -2.08. The first kappa shape index (κ1) is 18.5. The summed E-state index contributed by atoms with van der Waals surface area (Å²) in [6.45, 7) is -0.237. The Bertz CT molecular complexity index is 533. The van der Waals surface area contributed by atoms with Gasteiger partial charge < -0.3 is 5.73 Å². The molecule has 1 rings (SSSR count). The zero-order valence-corrected chi connectivity index (χ0v) is 13.3. The molecule has 1 aromatic rings. The van der Waals surface area contributed by atoms with E-state index in [4.69, 9.17) is 5.73 Å². The highest BCUT2D eigenvalue weighted by atomic mass is 32.2. The highest BCUT2D eigenvalue weighted by molar-refractivity contribution is 8.00. The van der Waals surface area contributed by atoms with Crippen LogP contribution in [-0.2, 0) is 10.0 Å². The first-order valence-electron chi connectivity index (χ1n) is 5.84. The van der Waals surface area contributed by atoms with Crippen molar-refractivity contribution >= 4 is 39.2 Å². The number of halogens is 3. The van der Waals surface area contributed by atoms with Crippen molar-refractivity contribution in [3.05, 3.63) is 24.3 Å². The third-order valence-electron chi connectivity index (χ3n) is 2.19. The molecule has 0 heterocycles. The van der Waals surface area contributed by atoms with Crippen LogP contribution >= 0.6 is 23.5 Å². The molecule has 0 fully saturated rings. The monoisotopic (exact) mass is 360 g/mol. The molecule has 0 aliphatic rings. The van der Waals surface area contributed by atoms with Crippen LogP contribution in [0.1, 0.15) is 0 Å². The van der Waals surface area contributed by atoms with Crippen LogP contribution in [0, 0.1) is 0 Å². The molecule has 0 spiro atoms. The van der Waals surface area contributed by atoms with E-state index in [1.54, 1.807) is 24.3 Å². The highest BCUT2D eigenvalue weighted by Crippen LogP contribution is 2.29. The lowest BCUT2D eigenvalue weighted by molar-refractivity contribution is -0.0327. The van der Waals surface area contributed by atoms with Gasteiger partial charge in [-0.3, -0.25) is 0 Å². The number of nitrogens with two attached hydrogens (primary N) is 1. The summed E-state index contributed by atoms with van der Waals surface area (Å²) >= 11 is 1.09. The molecule has 21 heavy (non-hydrogen) atoms. The van der Waals surface area contributed by atoms with Crippen LogP contribution in [0.5, 0.6) is 0 Å². The third kappa shape index (κ3) is 9.12. The topological polar surface area (TPSA) is 72.2 Å². The van der Waals surface area contributed by atoms with Crippen LogP contribution in [0.15, 0.2) is 29.2 Å². The minimum Gasteiger partial charge on any atom is -0.399 e. The van der Waals surface area contributed by atoms with Gasteiger partial charge in [0.1, 0.15) is 0 Å². The third-order valence-corrected chi connectivity index (χ3v) is 5.58. The molecule has 0 aromatic heterocycles. The Morgan fingerprint density at radius 3 is 2.33 bits per heavy atom.